The number of carbonyl (C=O) groups excluding carboxylic acids is 2. The fourth-order valence-corrected chi connectivity index (χ4v) is 5.06. The first kappa shape index (κ1) is 29.2. The number of amides is 2. The van der Waals surface area contributed by atoms with Gasteiger partial charge in [0.15, 0.2) is 29.3 Å². The highest BCUT2D eigenvalue weighted by Crippen LogP contribution is 2.33. The Kier molecular flexibility index (Phi) is 9.11. The summed E-state index contributed by atoms with van der Waals surface area (Å²) in [4.78, 5) is 43.9. The van der Waals surface area contributed by atoms with Crippen molar-refractivity contribution >= 4 is 29.0 Å². The average Bonchev–Trinajstić information content (AvgIpc) is 3.56. The van der Waals surface area contributed by atoms with Gasteiger partial charge in [0.1, 0.15) is 12.2 Å². The van der Waals surface area contributed by atoms with E-state index < -0.39 is 30.4 Å². The van der Waals surface area contributed by atoms with Crippen LogP contribution < -0.4 is 10.6 Å². The number of likely N-dealkylation sites (N-methyl/N-ethyl adjacent to an activating group) is 1. The standard InChI is InChI=1S/C28H34N8O6/c1-3-29-26(39)23-21(37)22(38)27(42-23)36-16-32-20-24(31-15-18-8-4-5-12-30-18)33-19(34-25(20)36)9-6-7-17-10-13-35(14-11-17)28(40)41-2/h4-5,8,12,16-17,21-23,27,37-38H,3,7,10-11,13-15H2,1-2H3,(H,29,39)(H,31,33,34)/t21?,22-,23-,27+/m0/s1. The predicted molar refractivity (Wildman–Crippen MR) is 150 cm³/mol. The highest BCUT2D eigenvalue weighted by atomic mass is 16.6. The van der Waals surface area contributed by atoms with Crippen molar-refractivity contribution < 1.29 is 29.3 Å². The van der Waals surface area contributed by atoms with Crippen molar-refractivity contribution in [3.05, 3.63) is 42.2 Å². The number of hydrogen-bond acceptors (Lipinski definition) is 11. The maximum atomic E-state index is 12.4. The molecule has 14 heteroatoms. The fourth-order valence-electron chi connectivity index (χ4n) is 5.06. The van der Waals surface area contributed by atoms with Crippen LogP contribution in [0.15, 0.2) is 30.7 Å². The summed E-state index contributed by atoms with van der Waals surface area (Å²) in [6, 6.07) is 5.59. The minimum atomic E-state index is -1.44. The number of rotatable bonds is 7. The van der Waals surface area contributed by atoms with Gasteiger partial charge in [-0.25, -0.2) is 19.7 Å². The third-order valence-corrected chi connectivity index (χ3v) is 7.34. The molecule has 2 amide bonds. The van der Waals surface area contributed by atoms with Gasteiger partial charge in [-0.1, -0.05) is 12.0 Å². The molecule has 4 atom stereocenters. The molecule has 0 saturated carbocycles. The summed E-state index contributed by atoms with van der Waals surface area (Å²) in [6.45, 7) is 3.71. The Morgan fingerprint density at radius 2 is 1.98 bits per heavy atom. The van der Waals surface area contributed by atoms with E-state index in [2.05, 4.69) is 42.4 Å². The monoisotopic (exact) mass is 578 g/mol. The van der Waals surface area contributed by atoms with E-state index in [4.69, 9.17) is 9.47 Å². The number of nitrogens with one attached hydrogen (secondary N) is 2. The lowest BCUT2D eigenvalue weighted by atomic mass is 9.94. The van der Waals surface area contributed by atoms with E-state index >= 15 is 0 Å². The molecule has 0 aliphatic carbocycles. The summed E-state index contributed by atoms with van der Waals surface area (Å²) >= 11 is 0. The van der Waals surface area contributed by atoms with Gasteiger partial charge in [-0.3, -0.25) is 14.3 Å². The molecular weight excluding hydrogens is 544 g/mol. The van der Waals surface area contributed by atoms with Crippen LogP contribution in [-0.4, -0.2) is 96.7 Å². The number of aliphatic hydroxyl groups is 2. The Balaban J connectivity index is 1.40. The van der Waals surface area contributed by atoms with Crippen molar-refractivity contribution in [2.24, 2.45) is 5.92 Å². The number of aliphatic hydroxyl groups excluding tert-OH is 2. The normalized spacial score (nSPS) is 22.4. The van der Waals surface area contributed by atoms with E-state index in [1.54, 1.807) is 18.0 Å². The molecule has 2 saturated heterocycles. The number of anilines is 1. The number of pyridine rings is 1. The molecule has 3 aromatic heterocycles. The number of carbonyl (C=O) groups is 2. The highest BCUT2D eigenvalue weighted by Gasteiger charge is 2.47. The second-order valence-electron chi connectivity index (χ2n) is 10.1. The number of hydrogen-bond donors (Lipinski definition) is 4. The van der Waals surface area contributed by atoms with Crippen LogP contribution in [0.5, 0.6) is 0 Å². The predicted octanol–water partition coefficient (Wildman–Crippen LogP) is 0.809. The van der Waals surface area contributed by atoms with E-state index in [0.29, 0.717) is 55.5 Å². The first-order valence-corrected chi connectivity index (χ1v) is 13.9. The molecule has 0 spiro atoms. The van der Waals surface area contributed by atoms with Gasteiger partial charge < -0.3 is 35.2 Å². The molecule has 4 N–H and O–H groups in total. The minimum Gasteiger partial charge on any atom is -0.453 e. The minimum absolute atomic E-state index is 0.230. The Morgan fingerprint density at radius 3 is 2.69 bits per heavy atom. The molecule has 5 rings (SSSR count). The lowest BCUT2D eigenvalue weighted by Crippen LogP contribution is -2.42. The van der Waals surface area contributed by atoms with Gasteiger partial charge >= 0.3 is 6.09 Å². The van der Waals surface area contributed by atoms with Crippen molar-refractivity contribution in [1.82, 2.24) is 34.7 Å². The van der Waals surface area contributed by atoms with Crippen molar-refractivity contribution in [2.75, 3.05) is 32.1 Å². The lowest BCUT2D eigenvalue weighted by molar-refractivity contribution is -0.137. The number of nitrogens with zero attached hydrogens (tertiary/aromatic N) is 6. The number of piperidine rings is 1. The Hall–Kier alpha value is -4.32. The number of likely N-dealkylation sites (tertiary alicyclic amines) is 1. The summed E-state index contributed by atoms with van der Waals surface area (Å²) in [5.74, 6) is 6.67. The summed E-state index contributed by atoms with van der Waals surface area (Å²) in [6.07, 6.45) is -0.151. The molecule has 0 aromatic carbocycles. The van der Waals surface area contributed by atoms with Crippen LogP contribution in [0.25, 0.3) is 11.2 Å². The summed E-state index contributed by atoms with van der Waals surface area (Å²) in [7, 11) is 1.38. The third-order valence-electron chi connectivity index (χ3n) is 7.34. The lowest BCUT2D eigenvalue weighted by Gasteiger charge is -2.29. The van der Waals surface area contributed by atoms with Crippen molar-refractivity contribution in [3.63, 3.8) is 0 Å². The quantitative estimate of drug-likeness (QED) is 0.292. The van der Waals surface area contributed by atoms with Crippen LogP contribution >= 0.6 is 0 Å². The molecule has 2 fully saturated rings. The second kappa shape index (κ2) is 13.1. The van der Waals surface area contributed by atoms with E-state index in [-0.39, 0.29) is 11.9 Å². The zero-order valence-corrected chi connectivity index (χ0v) is 23.4. The molecule has 1 unspecified atom stereocenters. The van der Waals surface area contributed by atoms with Crippen LogP contribution in [0.1, 0.15) is 43.9 Å². The van der Waals surface area contributed by atoms with Crippen molar-refractivity contribution in [2.45, 2.75) is 57.3 Å². The van der Waals surface area contributed by atoms with Crippen LogP contribution in [0.2, 0.25) is 0 Å². The molecule has 0 bridgehead atoms. The van der Waals surface area contributed by atoms with Crippen LogP contribution in [-0.2, 0) is 20.8 Å². The average molecular weight is 579 g/mol. The second-order valence-corrected chi connectivity index (χ2v) is 10.1. The summed E-state index contributed by atoms with van der Waals surface area (Å²) in [5.41, 5.74) is 1.51. The van der Waals surface area contributed by atoms with Crippen LogP contribution in [0.3, 0.4) is 0 Å². The molecule has 3 aromatic rings. The Morgan fingerprint density at radius 1 is 1.17 bits per heavy atom. The molecule has 5 heterocycles. The van der Waals surface area contributed by atoms with Gasteiger partial charge in [0.05, 0.1) is 25.7 Å². The van der Waals surface area contributed by atoms with Gasteiger partial charge in [0, 0.05) is 32.3 Å². The number of methoxy groups -OCH3 is 1. The van der Waals surface area contributed by atoms with Crippen LogP contribution in [0.4, 0.5) is 10.6 Å². The SMILES string of the molecule is CCNC(=O)[C@H]1O[C@@H](n2cnc3c(NCc4ccccn4)nc(C#CCC4CCN(C(=O)OC)CC4)nc32)[C@@H](O)C1O. The molecule has 14 nitrogen and oxygen atoms in total. The van der Waals surface area contributed by atoms with E-state index in [0.717, 1.165) is 18.5 Å². The summed E-state index contributed by atoms with van der Waals surface area (Å²) in [5, 5.41) is 27.2. The van der Waals surface area contributed by atoms with Crippen molar-refractivity contribution in [3.8, 4) is 11.8 Å². The molecule has 2 aliphatic rings. The maximum absolute atomic E-state index is 12.4. The van der Waals surface area contributed by atoms with Gasteiger partial charge in [-0.05, 0) is 43.7 Å². The molecule has 42 heavy (non-hydrogen) atoms. The number of aromatic nitrogens is 5. The number of imidazole rings is 1. The topological polar surface area (TPSA) is 177 Å². The molecular formula is C28H34N8O6. The van der Waals surface area contributed by atoms with E-state index in [1.807, 2.05) is 18.2 Å². The zero-order valence-electron chi connectivity index (χ0n) is 23.4. The third kappa shape index (κ3) is 6.28. The smallest absolute Gasteiger partial charge is 0.409 e. The molecule has 0 radical (unpaired) electrons. The Bertz CT molecular complexity index is 1460. The maximum Gasteiger partial charge on any atom is 0.409 e. The number of fused-ring (bicyclic) bond motifs is 1. The van der Waals surface area contributed by atoms with Gasteiger partial charge in [-0.2, -0.15) is 0 Å². The fraction of sp³-hybridized carbons (Fsp3) is 0.500. The first-order chi connectivity index (χ1) is 20.4. The van der Waals surface area contributed by atoms with Gasteiger partial charge in [-0.15, -0.1) is 0 Å². The number of ether oxygens (including phenoxy) is 2. The van der Waals surface area contributed by atoms with E-state index in [1.165, 1.54) is 18.0 Å². The van der Waals surface area contributed by atoms with Crippen molar-refractivity contribution in [1.29, 1.82) is 0 Å². The zero-order chi connectivity index (χ0) is 29.6. The van der Waals surface area contributed by atoms with Gasteiger partial charge in [0.25, 0.3) is 5.91 Å². The largest absolute Gasteiger partial charge is 0.453 e. The van der Waals surface area contributed by atoms with Gasteiger partial charge in [0.2, 0.25) is 5.82 Å². The van der Waals surface area contributed by atoms with E-state index in [9.17, 15) is 19.8 Å². The summed E-state index contributed by atoms with van der Waals surface area (Å²) < 4.78 is 12.1. The molecule has 2 aliphatic heterocycles. The Labute approximate surface area is 242 Å². The highest BCUT2D eigenvalue weighted by molar-refractivity contribution is 5.84. The van der Waals surface area contributed by atoms with Crippen LogP contribution in [0, 0.1) is 17.8 Å². The molecule has 222 valence electrons. The first-order valence-electron chi connectivity index (χ1n) is 13.9.